The summed E-state index contributed by atoms with van der Waals surface area (Å²) in [7, 11) is 9.05. The number of carbonyl (C=O) groups is 2. The lowest BCUT2D eigenvalue weighted by Crippen LogP contribution is -2.59. The molecule has 2 saturated carbocycles. The fraction of sp³-hybridized carbons (Fsp3) is 0.673. The number of esters is 1. The fourth-order valence-electron chi connectivity index (χ4n) is 13.4. The summed E-state index contributed by atoms with van der Waals surface area (Å²) in [6.07, 6.45) is 4.63. The van der Waals surface area contributed by atoms with Gasteiger partial charge >= 0.3 is 5.97 Å². The van der Waals surface area contributed by atoms with Gasteiger partial charge in [-0.2, -0.15) is 0 Å². The maximum atomic E-state index is 15.3. The first-order chi connectivity index (χ1) is 33.8. The van der Waals surface area contributed by atoms with Gasteiger partial charge in [0, 0.05) is 50.7 Å². The summed E-state index contributed by atoms with van der Waals surface area (Å²) in [5.41, 5.74) is 4.36. The fourth-order valence-corrected chi connectivity index (χ4v) is 13.4. The SMILES string of the molecule is CC[C@H]1CCC[C@H](O[C@H]2CC[C@H](N(C)C)C(C)O2)[C@@H](C)C(=O)C2=C[C@H]3[C@@H]4C[C@H](O[C@@H]5OC(C)[C@H](OC)C(OC)[C@@H]5OC)C[C@H]4[C@H](n4cc(-c5ccc(-c6ccccc6)cc5)nn4)[C@@H](O)[C@H]3[C@@H]2CC(=O)O1. The average molecular weight is 969 g/mol. The van der Waals surface area contributed by atoms with Crippen molar-refractivity contribution in [3.8, 4) is 22.4 Å². The molecule has 15 heteroatoms. The molecule has 3 saturated heterocycles. The molecule has 15 nitrogen and oxygen atoms in total. The van der Waals surface area contributed by atoms with E-state index in [1.165, 1.54) is 0 Å². The molecule has 0 amide bonds. The Morgan fingerprint density at radius 3 is 2.19 bits per heavy atom. The van der Waals surface area contributed by atoms with Crippen LogP contribution in [0.15, 0.2) is 72.4 Å². The van der Waals surface area contributed by atoms with Crippen molar-refractivity contribution in [2.45, 2.75) is 165 Å². The third kappa shape index (κ3) is 10.2. The predicted octanol–water partition coefficient (Wildman–Crippen LogP) is 7.46. The summed E-state index contributed by atoms with van der Waals surface area (Å²) in [6.45, 7) is 8.04. The maximum Gasteiger partial charge on any atom is 0.306 e. The Kier molecular flexibility index (Phi) is 16.1. The number of likely N-dealkylation sites (N-methyl/N-ethyl adjacent to an activating group) is 1. The Balaban J connectivity index is 1.05. The van der Waals surface area contributed by atoms with E-state index in [9.17, 15) is 9.90 Å². The molecule has 1 N–H and O–H groups in total. The number of hydrogen-bond acceptors (Lipinski definition) is 14. The monoisotopic (exact) mass is 969 g/mol. The highest BCUT2D eigenvalue weighted by molar-refractivity contribution is 5.99. The minimum Gasteiger partial charge on any atom is -0.462 e. The molecule has 6 aliphatic rings. The molecule has 3 aliphatic heterocycles. The number of aliphatic hydroxyl groups excluding tert-OH is 1. The van der Waals surface area contributed by atoms with Crippen LogP contribution < -0.4 is 0 Å². The number of fused-ring (bicyclic) bond motifs is 5. The molecule has 0 bridgehead atoms. The lowest BCUT2D eigenvalue weighted by Gasteiger charge is -2.46. The summed E-state index contributed by atoms with van der Waals surface area (Å²) in [5, 5.41) is 22.5. The number of rotatable bonds is 12. The molecule has 0 spiro atoms. The summed E-state index contributed by atoms with van der Waals surface area (Å²) in [4.78, 5) is 31.6. The quantitative estimate of drug-likeness (QED) is 0.178. The van der Waals surface area contributed by atoms with Crippen LogP contribution in [0.2, 0.25) is 0 Å². The smallest absolute Gasteiger partial charge is 0.306 e. The molecule has 9 rings (SSSR count). The number of carbonyl (C=O) groups excluding carboxylic acids is 2. The van der Waals surface area contributed by atoms with Gasteiger partial charge in [0.15, 0.2) is 18.4 Å². The Labute approximate surface area is 413 Å². The van der Waals surface area contributed by atoms with Crippen molar-refractivity contribution >= 4 is 11.8 Å². The molecule has 5 fully saturated rings. The third-order valence-corrected chi connectivity index (χ3v) is 17.0. The second-order valence-electron chi connectivity index (χ2n) is 21.1. The molecular formula is C55H76N4O11. The zero-order valence-corrected chi connectivity index (χ0v) is 42.5. The lowest BCUT2D eigenvalue weighted by atomic mass is 9.62. The highest BCUT2D eigenvalue weighted by Crippen LogP contribution is 2.60. The molecule has 0 radical (unpaired) electrons. The zero-order chi connectivity index (χ0) is 49.4. The van der Waals surface area contributed by atoms with Crippen LogP contribution in [0.25, 0.3) is 22.4 Å². The number of benzene rings is 2. The molecule has 3 unspecified atom stereocenters. The topological polar surface area (TPSA) is 162 Å². The van der Waals surface area contributed by atoms with Crippen molar-refractivity contribution in [3.05, 3.63) is 72.4 Å². The van der Waals surface area contributed by atoms with Crippen LogP contribution in [0.5, 0.6) is 0 Å². The first-order valence-corrected chi connectivity index (χ1v) is 25.9. The molecule has 1 aromatic heterocycles. The van der Waals surface area contributed by atoms with Gasteiger partial charge < -0.3 is 47.9 Å². The van der Waals surface area contributed by atoms with Gasteiger partial charge in [-0.15, -0.1) is 5.10 Å². The van der Waals surface area contributed by atoms with E-state index >= 15 is 4.79 Å². The van der Waals surface area contributed by atoms with Crippen LogP contribution in [0.4, 0.5) is 0 Å². The number of nitrogens with zero attached hydrogens (tertiary/aromatic N) is 4. The Bertz CT molecular complexity index is 2260. The normalized spacial score (nSPS) is 39.3. The molecule has 70 heavy (non-hydrogen) atoms. The maximum absolute atomic E-state index is 15.3. The molecule has 19 atom stereocenters. The highest BCUT2D eigenvalue weighted by Gasteiger charge is 2.60. The number of aromatic nitrogens is 3. The van der Waals surface area contributed by atoms with Crippen molar-refractivity contribution in [3.63, 3.8) is 0 Å². The molecule has 2 aromatic carbocycles. The zero-order valence-electron chi connectivity index (χ0n) is 42.5. The van der Waals surface area contributed by atoms with Crippen LogP contribution in [0.3, 0.4) is 0 Å². The van der Waals surface area contributed by atoms with E-state index < -0.39 is 60.8 Å². The van der Waals surface area contributed by atoms with E-state index in [0.29, 0.717) is 43.4 Å². The Hall–Kier alpha value is -3.90. The van der Waals surface area contributed by atoms with Gasteiger partial charge in [-0.05, 0) is 114 Å². The van der Waals surface area contributed by atoms with Gasteiger partial charge in [-0.3, -0.25) is 9.59 Å². The predicted molar refractivity (Wildman–Crippen MR) is 261 cm³/mol. The highest BCUT2D eigenvalue weighted by atomic mass is 16.7. The molecule has 382 valence electrons. The number of allylic oxidation sites excluding steroid dienone is 2. The largest absolute Gasteiger partial charge is 0.462 e. The minimum absolute atomic E-state index is 0.0253. The van der Waals surface area contributed by atoms with Gasteiger partial charge in [0.25, 0.3) is 0 Å². The first kappa shape index (κ1) is 51.0. The number of Topliss-reactive ketones (excluding diaryl/α,β-unsaturated/α-hetero) is 1. The summed E-state index contributed by atoms with van der Waals surface area (Å²) < 4.78 is 52.5. The van der Waals surface area contributed by atoms with Gasteiger partial charge in [-0.1, -0.05) is 79.7 Å². The third-order valence-electron chi connectivity index (χ3n) is 17.0. The number of methoxy groups -OCH3 is 3. The second-order valence-corrected chi connectivity index (χ2v) is 21.1. The van der Waals surface area contributed by atoms with Crippen molar-refractivity contribution in [2.75, 3.05) is 35.4 Å². The van der Waals surface area contributed by atoms with E-state index in [0.717, 1.165) is 36.0 Å². The molecular weight excluding hydrogens is 893 g/mol. The van der Waals surface area contributed by atoms with Crippen molar-refractivity contribution in [2.24, 2.45) is 35.5 Å². The van der Waals surface area contributed by atoms with Crippen LogP contribution in [-0.2, 0) is 47.5 Å². The van der Waals surface area contributed by atoms with E-state index in [-0.39, 0.29) is 72.5 Å². The van der Waals surface area contributed by atoms with E-state index in [1.54, 1.807) is 21.3 Å². The standard InChI is InChI=1S/C55H76N4O11/c1-10-36-17-14-18-45(70-47-24-23-44(58(5)6)31(3)66-47)30(2)50(61)42-27-39-38-25-37(69-55-54(65-9)53(64-8)52(63-7)32(4)67-55)26-41(38)49(51(62)48(39)40(42)28-46(60)68-36)59-29-43(56-57-59)35-21-19-34(20-22-35)33-15-12-11-13-16-33/h11-13,15-16,19-22,27,29-32,36-41,44-45,47-49,51-55,62H,10,14,17-18,23-26,28H2,1-9H3/t30-,31?,32?,36+,37+,38+,39+,40-,41-,44+,45+,47+,48-,49+,51+,52+,53?,54+,55+/m1/s1. The van der Waals surface area contributed by atoms with Crippen LogP contribution >= 0.6 is 0 Å². The molecule has 3 aromatic rings. The number of hydrogen-bond donors (Lipinski definition) is 1. The molecule has 3 aliphatic carbocycles. The van der Waals surface area contributed by atoms with Crippen LogP contribution in [-0.4, -0.2) is 146 Å². The minimum atomic E-state index is -1.00. The number of aliphatic hydroxyl groups is 1. The lowest BCUT2D eigenvalue weighted by molar-refractivity contribution is -0.314. The first-order valence-electron chi connectivity index (χ1n) is 25.9. The van der Waals surface area contributed by atoms with E-state index in [1.807, 2.05) is 62.0 Å². The summed E-state index contributed by atoms with van der Waals surface area (Å²) in [5.74, 6) is -2.46. The Morgan fingerprint density at radius 1 is 0.800 bits per heavy atom. The van der Waals surface area contributed by atoms with Gasteiger partial charge in [0.1, 0.15) is 30.1 Å². The second kappa shape index (κ2) is 22.1. The van der Waals surface area contributed by atoms with E-state index in [4.69, 9.17) is 43.1 Å². The van der Waals surface area contributed by atoms with Crippen LogP contribution in [0.1, 0.15) is 91.5 Å². The number of ether oxygens (including phenoxy) is 8. The van der Waals surface area contributed by atoms with Gasteiger partial charge in [0.05, 0.1) is 49.2 Å². The van der Waals surface area contributed by atoms with Crippen molar-refractivity contribution in [1.82, 2.24) is 19.9 Å². The number of cyclic esters (lactones) is 1. The Morgan fingerprint density at radius 2 is 1.50 bits per heavy atom. The van der Waals surface area contributed by atoms with Crippen molar-refractivity contribution < 1.29 is 52.6 Å². The average Bonchev–Trinajstić information content (AvgIpc) is 4.11. The van der Waals surface area contributed by atoms with Gasteiger partial charge in [-0.25, -0.2) is 4.68 Å². The van der Waals surface area contributed by atoms with Gasteiger partial charge in [0.2, 0.25) is 0 Å². The molecule has 4 heterocycles. The summed E-state index contributed by atoms with van der Waals surface area (Å²) in [6, 6.07) is 18.2. The van der Waals surface area contributed by atoms with Crippen LogP contribution in [0, 0.1) is 35.5 Å². The van der Waals surface area contributed by atoms with Crippen molar-refractivity contribution in [1.29, 1.82) is 0 Å². The van der Waals surface area contributed by atoms with E-state index in [2.05, 4.69) is 61.4 Å². The summed E-state index contributed by atoms with van der Waals surface area (Å²) >= 11 is 0. The number of ketones is 1.